The molecular formula is C25H32N6O5. The smallest absolute Gasteiger partial charge is 0.259 e. The number of aromatic nitrogens is 3. The zero-order valence-corrected chi connectivity index (χ0v) is 20.8. The molecule has 0 fully saturated rings. The number of hydrogen-bond acceptors (Lipinski definition) is 8. The first-order chi connectivity index (χ1) is 17.5. The highest BCUT2D eigenvalue weighted by atomic mass is 16.5. The Morgan fingerprint density at radius 1 is 1.19 bits per heavy atom. The number of fused-ring (bicyclic) bond motifs is 2. The van der Waals surface area contributed by atoms with Crippen molar-refractivity contribution in [3.63, 3.8) is 0 Å². The lowest BCUT2D eigenvalue weighted by Gasteiger charge is -2.25. The van der Waals surface area contributed by atoms with Gasteiger partial charge in [0, 0.05) is 57.1 Å². The zero-order valence-electron chi connectivity index (χ0n) is 20.8. The third-order valence-corrected chi connectivity index (χ3v) is 6.09. The van der Waals surface area contributed by atoms with E-state index in [-0.39, 0.29) is 18.0 Å². The second-order valence-corrected chi connectivity index (χ2v) is 8.49. The fraction of sp³-hybridized carbons (Fsp3) is 0.400. The number of carbonyl (C=O) groups is 1. The van der Waals surface area contributed by atoms with Crippen LogP contribution in [0.15, 0.2) is 29.3 Å². The van der Waals surface area contributed by atoms with Crippen LogP contribution in [0.5, 0.6) is 11.5 Å². The minimum atomic E-state index is -0.248. The summed E-state index contributed by atoms with van der Waals surface area (Å²) >= 11 is 0. The van der Waals surface area contributed by atoms with Gasteiger partial charge < -0.3 is 34.4 Å². The van der Waals surface area contributed by atoms with Gasteiger partial charge in [-0.15, -0.1) is 0 Å². The van der Waals surface area contributed by atoms with Gasteiger partial charge in [0.2, 0.25) is 5.91 Å². The standard InChI is InChI=1S/C25H32N6O5/c1-30-8-4-5-19-23-18(25(33)29-24(23)28-16-27-19)14-26-17-6-7-20(35-3)21(13-17)36-12-10-31(9-11-34-2)15-22(30)32/h5-7,13-14,16,26H,4,8-12,15H2,1-3H3,(H,27,28)(H,29,33)/b18-14-,19-5-. The van der Waals surface area contributed by atoms with E-state index in [0.29, 0.717) is 66.7 Å². The van der Waals surface area contributed by atoms with Crippen molar-refractivity contribution < 1.29 is 19.0 Å². The monoisotopic (exact) mass is 496 g/mol. The molecule has 1 aromatic carbocycles. The first kappa shape index (κ1) is 25.3. The summed E-state index contributed by atoms with van der Waals surface area (Å²) in [6.07, 6.45) is 5.78. The van der Waals surface area contributed by atoms with E-state index in [1.807, 2.05) is 23.1 Å². The fourth-order valence-corrected chi connectivity index (χ4v) is 4.03. The predicted molar refractivity (Wildman–Crippen MR) is 135 cm³/mol. The molecule has 3 aliphatic heterocycles. The lowest BCUT2D eigenvalue weighted by Crippen LogP contribution is -2.41. The van der Waals surface area contributed by atoms with E-state index >= 15 is 0 Å². The Bertz CT molecular complexity index is 1430. The minimum Gasteiger partial charge on any atom is -0.493 e. The second kappa shape index (κ2) is 11.7. The number of nitrogens with one attached hydrogen (secondary N) is 3. The molecule has 0 aromatic heterocycles. The first-order valence-electron chi connectivity index (χ1n) is 11.8. The number of ether oxygens (including phenoxy) is 3. The summed E-state index contributed by atoms with van der Waals surface area (Å²) in [4.78, 5) is 39.5. The van der Waals surface area contributed by atoms with Crippen molar-refractivity contribution >= 4 is 23.9 Å². The first-order valence-corrected chi connectivity index (χ1v) is 11.8. The minimum absolute atomic E-state index is 0.00534. The van der Waals surface area contributed by atoms with Gasteiger partial charge >= 0.3 is 0 Å². The Kier molecular flexibility index (Phi) is 8.24. The van der Waals surface area contributed by atoms with Crippen LogP contribution in [-0.4, -0.2) is 91.3 Å². The molecule has 2 bridgehead atoms. The lowest BCUT2D eigenvalue weighted by atomic mass is 10.2. The van der Waals surface area contributed by atoms with Crippen LogP contribution < -0.4 is 30.9 Å². The van der Waals surface area contributed by atoms with Crippen molar-refractivity contribution in [2.24, 2.45) is 0 Å². The molecule has 3 N–H and O–H groups in total. The van der Waals surface area contributed by atoms with Crippen LogP contribution >= 0.6 is 0 Å². The second-order valence-electron chi connectivity index (χ2n) is 8.49. The van der Waals surface area contributed by atoms with E-state index in [1.54, 1.807) is 44.8 Å². The highest BCUT2D eigenvalue weighted by Gasteiger charge is 2.15. The SMILES string of the molecule is COCCN1CCOc2cc(ccc2OC)N/C=c2\c(=O)[nH]c3nc[nH]/c(c2=3)=C\CCN(C)C(=O)C1. The van der Waals surface area contributed by atoms with Crippen molar-refractivity contribution in [2.45, 2.75) is 6.42 Å². The molecule has 0 unspecified atom stereocenters. The highest BCUT2D eigenvalue weighted by Crippen LogP contribution is 2.30. The van der Waals surface area contributed by atoms with Crippen molar-refractivity contribution in [1.29, 1.82) is 0 Å². The number of methoxy groups -OCH3 is 2. The van der Waals surface area contributed by atoms with Crippen LogP contribution in [-0.2, 0) is 9.53 Å². The Morgan fingerprint density at radius 3 is 2.86 bits per heavy atom. The maximum Gasteiger partial charge on any atom is 0.259 e. The molecule has 3 aliphatic rings. The van der Waals surface area contributed by atoms with Crippen LogP contribution in [0.1, 0.15) is 6.42 Å². The topological polar surface area (TPSA) is 125 Å². The van der Waals surface area contributed by atoms with E-state index in [4.69, 9.17) is 14.2 Å². The molecule has 192 valence electrons. The molecule has 0 saturated heterocycles. The number of carbonyl (C=O) groups excluding carboxylic acids is 1. The summed E-state index contributed by atoms with van der Waals surface area (Å²) in [5, 5.41) is 5.10. The fourth-order valence-electron chi connectivity index (χ4n) is 4.03. The lowest BCUT2D eigenvalue weighted by molar-refractivity contribution is -0.131. The summed E-state index contributed by atoms with van der Waals surface area (Å²) in [7, 11) is 5.01. The van der Waals surface area contributed by atoms with Gasteiger partial charge in [0.05, 0.1) is 37.0 Å². The molecule has 0 radical (unpaired) electrons. The van der Waals surface area contributed by atoms with Gasteiger partial charge in [-0.25, -0.2) is 4.98 Å². The summed E-state index contributed by atoms with van der Waals surface area (Å²) in [5.41, 5.74) is 0.971. The molecule has 0 aliphatic carbocycles. The maximum absolute atomic E-state index is 12.9. The van der Waals surface area contributed by atoms with Gasteiger partial charge in [0.1, 0.15) is 12.1 Å². The summed E-state index contributed by atoms with van der Waals surface area (Å²) < 4.78 is 16.7. The molecule has 0 saturated carbocycles. The Hall–Kier alpha value is -3.83. The number of anilines is 1. The number of rotatable bonds is 4. The molecule has 36 heavy (non-hydrogen) atoms. The predicted octanol–water partition coefficient (Wildman–Crippen LogP) is -0.349. The molecule has 1 aromatic rings. The van der Waals surface area contributed by atoms with Gasteiger partial charge in [0.25, 0.3) is 5.56 Å². The molecule has 4 rings (SSSR count). The number of benzene rings is 1. The molecular weight excluding hydrogens is 464 g/mol. The van der Waals surface area contributed by atoms with Crippen LogP contribution in [0.4, 0.5) is 5.69 Å². The Morgan fingerprint density at radius 2 is 2.06 bits per heavy atom. The third kappa shape index (κ3) is 5.86. The zero-order chi connectivity index (χ0) is 25.5. The Balaban J connectivity index is 1.75. The largest absolute Gasteiger partial charge is 0.493 e. The molecule has 1 amide bonds. The van der Waals surface area contributed by atoms with Crippen LogP contribution in [0.25, 0.3) is 12.3 Å². The third-order valence-electron chi connectivity index (χ3n) is 6.09. The molecule has 3 heterocycles. The highest BCUT2D eigenvalue weighted by molar-refractivity contribution is 5.78. The van der Waals surface area contributed by atoms with Crippen LogP contribution in [0.3, 0.4) is 0 Å². The van der Waals surface area contributed by atoms with Gasteiger partial charge in [-0.05, 0) is 18.6 Å². The van der Waals surface area contributed by atoms with Crippen LogP contribution in [0, 0.1) is 10.7 Å². The van der Waals surface area contributed by atoms with Crippen molar-refractivity contribution in [3.8, 4) is 11.5 Å². The quantitative estimate of drug-likeness (QED) is 0.448. The average Bonchev–Trinajstić information content (AvgIpc) is 3.20. The normalized spacial score (nSPS) is 17.6. The summed E-state index contributed by atoms with van der Waals surface area (Å²) in [6, 6.07) is 5.46. The van der Waals surface area contributed by atoms with E-state index in [1.165, 1.54) is 0 Å². The molecule has 11 nitrogen and oxygen atoms in total. The van der Waals surface area contributed by atoms with Crippen LogP contribution in [0.2, 0.25) is 0 Å². The Labute approximate surface area is 208 Å². The summed E-state index contributed by atoms with van der Waals surface area (Å²) in [5.74, 6) is 1.14. The number of nitrogens with zero attached hydrogens (tertiary/aromatic N) is 3. The molecule has 0 spiro atoms. The van der Waals surface area contributed by atoms with Gasteiger partial charge in [0.15, 0.2) is 11.5 Å². The van der Waals surface area contributed by atoms with Gasteiger partial charge in [-0.3, -0.25) is 14.5 Å². The number of likely N-dealkylation sites (N-methyl/N-ethyl adjacent to an activating group) is 1. The number of amides is 1. The van der Waals surface area contributed by atoms with Crippen molar-refractivity contribution in [3.05, 3.63) is 56.1 Å². The van der Waals surface area contributed by atoms with Crippen molar-refractivity contribution in [2.75, 3.05) is 66.0 Å². The number of aromatic amines is 2. The summed E-state index contributed by atoms with van der Waals surface area (Å²) in [6.45, 7) is 2.80. The average molecular weight is 497 g/mol. The van der Waals surface area contributed by atoms with E-state index in [2.05, 4.69) is 20.3 Å². The van der Waals surface area contributed by atoms with E-state index < -0.39 is 0 Å². The van der Waals surface area contributed by atoms with E-state index in [0.717, 1.165) is 11.0 Å². The molecule has 0 atom stereocenters. The maximum atomic E-state index is 12.9. The van der Waals surface area contributed by atoms with Crippen molar-refractivity contribution in [1.82, 2.24) is 24.8 Å². The van der Waals surface area contributed by atoms with Gasteiger partial charge in [-0.2, -0.15) is 0 Å². The number of hydrogen-bond donors (Lipinski definition) is 3. The van der Waals surface area contributed by atoms with Gasteiger partial charge in [-0.1, -0.05) is 6.08 Å². The number of H-pyrrole nitrogens is 2. The molecule has 11 heteroatoms. The van der Waals surface area contributed by atoms with E-state index in [9.17, 15) is 9.59 Å².